The van der Waals surface area contributed by atoms with Gasteiger partial charge in [0.25, 0.3) is 0 Å². The molecule has 0 amide bonds. The van der Waals surface area contributed by atoms with Gasteiger partial charge in [0.15, 0.2) is 6.79 Å². The number of rotatable bonds is 7. The molecule has 2 rings (SSSR count). The van der Waals surface area contributed by atoms with Crippen molar-refractivity contribution < 1.29 is 14.2 Å². The fourth-order valence-electron chi connectivity index (χ4n) is 1.51. The molecule has 1 saturated carbocycles. The second kappa shape index (κ2) is 6.12. The third-order valence-electron chi connectivity index (χ3n) is 2.77. The van der Waals surface area contributed by atoms with Gasteiger partial charge < -0.3 is 14.2 Å². The van der Waals surface area contributed by atoms with E-state index in [4.69, 9.17) is 25.8 Å². The van der Waals surface area contributed by atoms with Gasteiger partial charge in [0.1, 0.15) is 11.5 Å². The summed E-state index contributed by atoms with van der Waals surface area (Å²) in [5.41, 5.74) is 0.947. The molecule has 94 valence electrons. The van der Waals surface area contributed by atoms with E-state index in [2.05, 4.69) is 0 Å². The van der Waals surface area contributed by atoms with Crippen molar-refractivity contribution in [3.63, 3.8) is 0 Å². The van der Waals surface area contributed by atoms with E-state index in [0.29, 0.717) is 5.88 Å². The zero-order valence-electron chi connectivity index (χ0n) is 9.95. The summed E-state index contributed by atoms with van der Waals surface area (Å²) in [6.45, 7) is 1.06. The van der Waals surface area contributed by atoms with E-state index in [-0.39, 0.29) is 6.79 Å². The highest BCUT2D eigenvalue weighted by molar-refractivity contribution is 6.17. The fraction of sp³-hybridized carbons (Fsp3) is 0.538. The van der Waals surface area contributed by atoms with Gasteiger partial charge >= 0.3 is 0 Å². The lowest BCUT2D eigenvalue weighted by Gasteiger charge is -2.11. The number of alkyl halides is 1. The highest BCUT2D eigenvalue weighted by Crippen LogP contribution is 2.29. The minimum Gasteiger partial charge on any atom is -0.497 e. The van der Waals surface area contributed by atoms with Crippen LogP contribution in [-0.4, -0.2) is 20.5 Å². The quantitative estimate of drug-likeness (QED) is 0.426. The Labute approximate surface area is 107 Å². The zero-order valence-corrected chi connectivity index (χ0v) is 10.7. The van der Waals surface area contributed by atoms with Gasteiger partial charge in [-0.25, -0.2) is 0 Å². The first kappa shape index (κ1) is 12.5. The van der Waals surface area contributed by atoms with Gasteiger partial charge in [-0.05, 0) is 24.8 Å². The Balaban J connectivity index is 1.87. The lowest BCUT2D eigenvalue weighted by atomic mass is 10.2. The van der Waals surface area contributed by atoms with Crippen molar-refractivity contribution in [3.05, 3.63) is 23.8 Å². The minimum absolute atomic E-state index is 0.271. The SMILES string of the molecule is COc1ccc(CCl)c(OCOCC2CC2)c1. The normalized spacial score (nSPS) is 14.7. The number of hydrogen-bond acceptors (Lipinski definition) is 3. The third kappa shape index (κ3) is 3.79. The summed E-state index contributed by atoms with van der Waals surface area (Å²) in [5, 5.41) is 0. The van der Waals surface area contributed by atoms with Crippen LogP contribution in [0.5, 0.6) is 11.5 Å². The predicted molar refractivity (Wildman–Crippen MR) is 66.7 cm³/mol. The summed E-state index contributed by atoms with van der Waals surface area (Å²) in [6.07, 6.45) is 2.57. The van der Waals surface area contributed by atoms with Crippen molar-refractivity contribution in [1.82, 2.24) is 0 Å². The summed E-state index contributed by atoms with van der Waals surface area (Å²) in [5.74, 6) is 2.66. The fourth-order valence-corrected chi connectivity index (χ4v) is 1.73. The van der Waals surface area contributed by atoms with E-state index >= 15 is 0 Å². The second-order valence-electron chi connectivity index (χ2n) is 4.18. The Hall–Kier alpha value is -0.930. The largest absolute Gasteiger partial charge is 0.497 e. The van der Waals surface area contributed by atoms with E-state index in [1.54, 1.807) is 7.11 Å². The first-order chi connectivity index (χ1) is 8.33. The molecule has 1 aliphatic carbocycles. The number of ether oxygens (including phenoxy) is 3. The van der Waals surface area contributed by atoms with Gasteiger partial charge in [-0.1, -0.05) is 6.07 Å². The molecule has 3 nitrogen and oxygen atoms in total. The van der Waals surface area contributed by atoms with Gasteiger partial charge in [0.2, 0.25) is 0 Å². The summed E-state index contributed by atoms with van der Waals surface area (Å²) >= 11 is 5.84. The van der Waals surface area contributed by atoms with Crippen LogP contribution in [0.3, 0.4) is 0 Å². The maximum Gasteiger partial charge on any atom is 0.189 e. The van der Waals surface area contributed by atoms with Crippen molar-refractivity contribution in [2.45, 2.75) is 18.7 Å². The molecule has 0 heterocycles. The van der Waals surface area contributed by atoms with Crippen LogP contribution in [0.25, 0.3) is 0 Å². The number of halogens is 1. The first-order valence-corrected chi connectivity index (χ1v) is 6.30. The maximum absolute atomic E-state index is 5.84. The lowest BCUT2D eigenvalue weighted by Crippen LogP contribution is -2.06. The topological polar surface area (TPSA) is 27.7 Å². The number of methoxy groups -OCH3 is 1. The van der Waals surface area contributed by atoms with Crippen LogP contribution in [-0.2, 0) is 10.6 Å². The minimum atomic E-state index is 0.271. The monoisotopic (exact) mass is 256 g/mol. The Bertz CT molecular complexity index is 364. The molecule has 0 unspecified atom stereocenters. The molecule has 0 radical (unpaired) electrons. The Morgan fingerprint density at radius 1 is 1.35 bits per heavy atom. The van der Waals surface area contributed by atoms with Gasteiger partial charge in [0.05, 0.1) is 19.6 Å². The van der Waals surface area contributed by atoms with Crippen LogP contribution in [0.2, 0.25) is 0 Å². The van der Waals surface area contributed by atoms with Gasteiger partial charge in [0, 0.05) is 11.6 Å². The molecule has 0 atom stereocenters. The molecular weight excluding hydrogens is 240 g/mol. The van der Waals surface area contributed by atoms with Gasteiger partial charge in [-0.2, -0.15) is 0 Å². The Morgan fingerprint density at radius 3 is 2.82 bits per heavy atom. The first-order valence-electron chi connectivity index (χ1n) is 5.77. The summed E-state index contributed by atoms with van der Waals surface area (Å²) in [7, 11) is 1.63. The average Bonchev–Trinajstić information content (AvgIpc) is 3.18. The molecule has 0 aliphatic heterocycles. The number of hydrogen-bond donors (Lipinski definition) is 0. The van der Waals surface area contributed by atoms with Crippen LogP contribution in [0.1, 0.15) is 18.4 Å². The van der Waals surface area contributed by atoms with Crippen molar-refractivity contribution in [2.24, 2.45) is 5.92 Å². The molecule has 1 aromatic carbocycles. The van der Waals surface area contributed by atoms with E-state index in [1.165, 1.54) is 12.8 Å². The second-order valence-corrected chi connectivity index (χ2v) is 4.45. The van der Waals surface area contributed by atoms with Crippen LogP contribution in [0.4, 0.5) is 0 Å². The van der Waals surface area contributed by atoms with Crippen LogP contribution < -0.4 is 9.47 Å². The Morgan fingerprint density at radius 2 is 2.18 bits per heavy atom. The predicted octanol–water partition coefficient (Wildman–Crippen LogP) is 3.20. The lowest BCUT2D eigenvalue weighted by molar-refractivity contribution is 0.00948. The van der Waals surface area contributed by atoms with Crippen LogP contribution in [0.15, 0.2) is 18.2 Å². The molecular formula is C13H17ClO3. The van der Waals surface area contributed by atoms with Crippen molar-refractivity contribution in [1.29, 1.82) is 0 Å². The van der Waals surface area contributed by atoms with Gasteiger partial charge in [-0.3, -0.25) is 0 Å². The molecule has 0 aromatic heterocycles. The molecule has 0 bridgehead atoms. The van der Waals surface area contributed by atoms with E-state index in [1.807, 2.05) is 18.2 Å². The smallest absolute Gasteiger partial charge is 0.189 e. The van der Waals surface area contributed by atoms with Gasteiger partial charge in [-0.15, -0.1) is 11.6 Å². The third-order valence-corrected chi connectivity index (χ3v) is 3.05. The maximum atomic E-state index is 5.84. The van der Waals surface area contributed by atoms with Crippen molar-refractivity contribution in [2.75, 3.05) is 20.5 Å². The summed E-state index contributed by atoms with van der Waals surface area (Å²) in [6, 6.07) is 5.61. The molecule has 1 aliphatic rings. The molecule has 4 heteroatoms. The molecule has 17 heavy (non-hydrogen) atoms. The molecule has 0 N–H and O–H groups in total. The molecule has 0 saturated heterocycles. The Kier molecular flexibility index (Phi) is 4.51. The average molecular weight is 257 g/mol. The summed E-state index contributed by atoms with van der Waals surface area (Å²) < 4.78 is 16.1. The zero-order chi connectivity index (χ0) is 12.1. The van der Waals surface area contributed by atoms with E-state index in [0.717, 1.165) is 29.6 Å². The summed E-state index contributed by atoms with van der Waals surface area (Å²) in [4.78, 5) is 0. The number of benzene rings is 1. The molecule has 1 aromatic rings. The van der Waals surface area contributed by atoms with E-state index < -0.39 is 0 Å². The standard InChI is InChI=1S/C13H17ClO3/c1-15-12-5-4-11(7-14)13(6-12)17-9-16-8-10-2-3-10/h4-6,10H,2-3,7-9H2,1H3. The van der Waals surface area contributed by atoms with Crippen LogP contribution in [0, 0.1) is 5.92 Å². The van der Waals surface area contributed by atoms with Crippen molar-refractivity contribution >= 4 is 11.6 Å². The molecule has 1 fully saturated rings. The molecule has 0 spiro atoms. The highest BCUT2D eigenvalue weighted by Gasteiger charge is 2.21. The highest BCUT2D eigenvalue weighted by atomic mass is 35.5. The van der Waals surface area contributed by atoms with E-state index in [9.17, 15) is 0 Å². The van der Waals surface area contributed by atoms with Crippen LogP contribution >= 0.6 is 11.6 Å². The van der Waals surface area contributed by atoms with Crippen molar-refractivity contribution in [3.8, 4) is 11.5 Å².